The van der Waals surface area contributed by atoms with Crippen molar-refractivity contribution >= 4 is 11.6 Å². The minimum Gasteiger partial charge on any atom is -0.342 e. The number of rotatable bonds is 3. The Labute approximate surface area is 168 Å². The number of carbonyl (C=O) groups excluding carboxylic acids is 1. The number of alkyl halides is 3. The second kappa shape index (κ2) is 7.61. The summed E-state index contributed by atoms with van der Waals surface area (Å²) in [6.45, 7) is 4.94. The van der Waals surface area contributed by atoms with Crippen LogP contribution >= 0.6 is 0 Å². The van der Waals surface area contributed by atoms with Crippen molar-refractivity contribution < 1.29 is 18.0 Å². The molecule has 1 saturated carbocycles. The average Bonchev–Trinajstić information content (AvgIpc) is 3.35. The number of nitrogens with zero attached hydrogens (tertiary/aromatic N) is 4. The van der Waals surface area contributed by atoms with E-state index in [1.54, 1.807) is 6.07 Å². The van der Waals surface area contributed by atoms with Crippen molar-refractivity contribution in [1.82, 2.24) is 19.5 Å². The maximum atomic E-state index is 13.6. The van der Waals surface area contributed by atoms with Gasteiger partial charge in [-0.15, -0.1) is 0 Å². The quantitative estimate of drug-likeness (QED) is 0.735. The molecule has 29 heavy (non-hydrogen) atoms. The monoisotopic (exact) mass is 408 g/mol. The fourth-order valence-corrected chi connectivity index (χ4v) is 4.54. The van der Waals surface area contributed by atoms with Crippen molar-refractivity contribution in [3.05, 3.63) is 29.2 Å². The Bertz CT molecular complexity index is 891. The van der Waals surface area contributed by atoms with Gasteiger partial charge in [0.05, 0.1) is 5.69 Å². The molecule has 158 valence electrons. The zero-order valence-corrected chi connectivity index (χ0v) is 16.9. The Hall–Kier alpha value is -2.12. The van der Waals surface area contributed by atoms with E-state index in [9.17, 15) is 18.0 Å². The number of hydrogen-bond donors (Lipinski definition) is 0. The Kier molecular flexibility index (Phi) is 5.29. The first-order valence-corrected chi connectivity index (χ1v) is 10.5. The first-order chi connectivity index (χ1) is 13.7. The second-order valence-electron chi connectivity index (χ2n) is 8.64. The minimum atomic E-state index is -4.49. The first kappa shape index (κ1) is 20.2. The topological polar surface area (TPSA) is 50.5 Å². The third-order valence-electron chi connectivity index (χ3n) is 6.28. The Balaban J connectivity index is 1.55. The predicted molar refractivity (Wildman–Crippen MR) is 103 cm³/mol. The van der Waals surface area contributed by atoms with Crippen molar-refractivity contribution in [3.63, 3.8) is 0 Å². The molecule has 0 unspecified atom stereocenters. The summed E-state index contributed by atoms with van der Waals surface area (Å²) in [6.07, 6.45) is 1.17. The summed E-state index contributed by atoms with van der Waals surface area (Å²) >= 11 is 0. The van der Waals surface area contributed by atoms with Crippen molar-refractivity contribution in [2.24, 2.45) is 5.92 Å². The van der Waals surface area contributed by atoms with Crippen LogP contribution in [0.5, 0.6) is 0 Å². The molecular weight excluding hydrogens is 381 g/mol. The molecule has 0 spiro atoms. The normalized spacial score (nSPS) is 19.6. The maximum absolute atomic E-state index is 13.6. The van der Waals surface area contributed by atoms with Crippen molar-refractivity contribution in [1.29, 1.82) is 0 Å². The second-order valence-corrected chi connectivity index (χ2v) is 8.64. The summed E-state index contributed by atoms with van der Waals surface area (Å²) in [4.78, 5) is 18.9. The van der Waals surface area contributed by atoms with Crippen molar-refractivity contribution in [2.45, 2.75) is 70.4 Å². The lowest BCUT2D eigenvalue weighted by Gasteiger charge is -2.33. The predicted octanol–water partition coefficient (Wildman–Crippen LogP) is 4.77. The van der Waals surface area contributed by atoms with Crippen LogP contribution < -0.4 is 0 Å². The molecule has 0 N–H and O–H groups in total. The number of halogens is 3. The zero-order valence-electron chi connectivity index (χ0n) is 16.9. The van der Waals surface area contributed by atoms with Gasteiger partial charge in [0.2, 0.25) is 5.91 Å². The largest absolute Gasteiger partial charge is 0.433 e. The molecule has 1 amide bonds. The highest BCUT2D eigenvalue weighted by Crippen LogP contribution is 2.34. The van der Waals surface area contributed by atoms with Gasteiger partial charge < -0.3 is 4.90 Å². The van der Waals surface area contributed by atoms with Crippen LogP contribution in [0.15, 0.2) is 12.1 Å². The van der Waals surface area contributed by atoms with E-state index in [2.05, 4.69) is 10.1 Å². The van der Waals surface area contributed by atoms with Gasteiger partial charge in [-0.2, -0.15) is 18.3 Å². The molecule has 2 aliphatic rings. The molecule has 2 aromatic heterocycles. The molecule has 1 saturated heterocycles. The third-order valence-corrected chi connectivity index (χ3v) is 6.28. The van der Waals surface area contributed by atoms with E-state index >= 15 is 0 Å². The Morgan fingerprint density at radius 3 is 2.34 bits per heavy atom. The molecule has 1 aliphatic carbocycles. The lowest BCUT2D eigenvalue weighted by atomic mass is 9.92. The van der Waals surface area contributed by atoms with Crippen LogP contribution in [-0.4, -0.2) is 38.5 Å². The van der Waals surface area contributed by atoms with Gasteiger partial charge in [0.1, 0.15) is 5.69 Å². The van der Waals surface area contributed by atoms with Gasteiger partial charge in [-0.1, -0.05) is 26.7 Å². The van der Waals surface area contributed by atoms with Crippen LogP contribution in [0.2, 0.25) is 0 Å². The molecule has 0 bridgehead atoms. The van der Waals surface area contributed by atoms with Crippen LogP contribution in [-0.2, 0) is 11.0 Å². The van der Waals surface area contributed by atoms with Gasteiger partial charge in [0.15, 0.2) is 5.65 Å². The Morgan fingerprint density at radius 2 is 1.76 bits per heavy atom. The Morgan fingerprint density at radius 1 is 1.10 bits per heavy atom. The smallest absolute Gasteiger partial charge is 0.342 e. The molecule has 0 radical (unpaired) electrons. The van der Waals surface area contributed by atoms with E-state index < -0.39 is 11.9 Å². The van der Waals surface area contributed by atoms with E-state index in [0.717, 1.165) is 49.1 Å². The van der Waals surface area contributed by atoms with Crippen molar-refractivity contribution in [2.75, 3.05) is 13.1 Å². The van der Waals surface area contributed by atoms with Gasteiger partial charge in [0, 0.05) is 36.7 Å². The molecule has 5 nitrogen and oxygen atoms in total. The highest BCUT2D eigenvalue weighted by molar-refractivity contribution is 5.79. The van der Waals surface area contributed by atoms with Crippen molar-refractivity contribution in [3.8, 4) is 0 Å². The molecule has 4 rings (SSSR count). The van der Waals surface area contributed by atoms with Gasteiger partial charge >= 0.3 is 6.18 Å². The molecule has 2 aromatic rings. The summed E-state index contributed by atoms with van der Waals surface area (Å²) in [5.74, 6) is 0.352. The zero-order chi connectivity index (χ0) is 20.8. The number of fused-ring (bicyclic) bond motifs is 1. The number of hydrogen-bond acceptors (Lipinski definition) is 3. The fourth-order valence-electron chi connectivity index (χ4n) is 4.54. The summed E-state index contributed by atoms with van der Waals surface area (Å²) in [5, 5.41) is 4.28. The highest BCUT2D eigenvalue weighted by atomic mass is 19.4. The molecule has 0 aromatic carbocycles. The van der Waals surface area contributed by atoms with Gasteiger partial charge in [0.25, 0.3) is 0 Å². The third kappa shape index (κ3) is 3.98. The van der Waals surface area contributed by atoms with Crippen LogP contribution in [0.1, 0.15) is 81.3 Å². The van der Waals surface area contributed by atoms with Gasteiger partial charge in [-0.3, -0.25) is 4.79 Å². The lowest BCUT2D eigenvalue weighted by molar-refractivity contribution is -0.142. The summed E-state index contributed by atoms with van der Waals surface area (Å²) < 4.78 is 41.6. The fraction of sp³-hybridized carbons (Fsp3) is 0.667. The molecule has 8 heteroatoms. The van der Waals surface area contributed by atoms with E-state index in [1.807, 2.05) is 18.7 Å². The molecule has 0 atom stereocenters. The van der Waals surface area contributed by atoms with Crippen LogP contribution in [0.25, 0.3) is 5.65 Å². The summed E-state index contributed by atoms with van der Waals surface area (Å²) in [6, 6.07) is 2.78. The lowest BCUT2D eigenvalue weighted by Crippen LogP contribution is -2.40. The van der Waals surface area contributed by atoms with E-state index in [0.29, 0.717) is 24.5 Å². The number of likely N-dealkylation sites (tertiary alicyclic amines) is 1. The standard InChI is InChI=1S/C21H27F3N4O/c1-13(2)16-11-18(21(22,23)24)28-19(25-16)12-17(26-28)14-7-9-27(10-8-14)20(29)15-5-3-4-6-15/h11-15H,3-10H2,1-2H3. The number of carbonyl (C=O) groups is 1. The van der Waals surface area contributed by atoms with E-state index in [1.165, 1.54) is 0 Å². The van der Waals surface area contributed by atoms with E-state index in [-0.39, 0.29) is 29.3 Å². The highest BCUT2D eigenvalue weighted by Gasteiger charge is 2.36. The number of piperidine rings is 1. The number of aromatic nitrogens is 3. The average molecular weight is 408 g/mol. The van der Waals surface area contributed by atoms with E-state index in [4.69, 9.17) is 0 Å². The minimum absolute atomic E-state index is 0.0490. The van der Waals surface area contributed by atoms with Gasteiger partial charge in [-0.25, -0.2) is 9.50 Å². The van der Waals surface area contributed by atoms with Crippen LogP contribution in [0, 0.1) is 5.92 Å². The first-order valence-electron chi connectivity index (χ1n) is 10.5. The van der Waals surface area contributed by atoms with Crippen LogP contribution in [0.3, 0.4) is 0 Å². The summed E-state index contributed by atoms with van der Waals surface area (Å²) in [7, 11) is 0. The molecule has 2 fully saturated rings. The SMILES string of the molecule is CC(C)c1cc(C(F)(F)F)n2nc(C3CCN(C(=O)C4CCCC4)CC3)cc2n1. The number of amides is 1. The van der Waals surface area contributed by atoms with Crippen LogP contribution in [0.4, 0.5) is 13.2 Å². The molecule has 3 heterocycles. The maximum Gasteiger partial charge on any atom is 0.433 e. The molecule has 1 aliphatic heterocycles. The van der Waals surface area contributed by atoms with Gasteiger partial charge in [-0.05, 0) is 37.7 Å². The molecular formula is C21H27F3N4O. The summed E-state index contributed by atoms with van der Waals surface area (Å²) in [5.41, 5.74) is 0.499.